The average molecular weight is 434 g/mol. The van der Waals surface area contributed by atoms with Gasteiger partial charge < -0.3 is 13.7 Å². The Bertz CT molecular complexity index is 1500. The molecule has 0 saturated heterocycles. The van der Waals surface area contributed by atoms with Gasteiger partial charge in [0.2, 0.25) is 0 Å². The molecule has 4 aromatic rings. The van der Waals surface area contributed by atoms with Crippen molar-refractivity contribution in [3.63, 3.8) is 0 Å². The number of ether oxygens (including phenoxy) is 1. The monoisotopic (exact) mass is 433 g/mol. The Morgan fingerprint density at radius 1 is 1.03 bits per heavy atom. The summed E-state index contributed by atoms with van der Waals surface area (Å²) in [6, 6.07) is 11.9. The average Bonchev–Trinajstić information content (AvgIpc) is 3.33. The zero-order valence-corrected chi connectivity index (χ0v) is 19.2. The van der Waals surface area contributed by atoms with Crippen molar-refractivity contribution in [1.29, 1.82) is 0 Å². The fourth-order valence-corrected chi connectivity index (χ4v) is 4.87. The van der Waals surface area contributed by atoms with Crippen molar-refractivity contribution in [2.75, 3.05) is 6.61 Å². The maximum Gasteiger partial charge on any atom is 0.331 e. The lowest BCUT2D eigenvalue weighted by Crippen LogP contribution is -2.40. The van der Waals surface area contributed by atoms with E-state index < -0.39 is 11.6 Å². The Morgan fingerprint density at radius 2 is 1.78 bits per heavy atom. The number of aryl methyl sites for hydroxylation is 3. The molecule has 4 heterocycles. The zero-order chi connectivity index (χ0) is 22.9. The Balaban J connectivity index is 2.03. The third-order valence-electron chi connectivity index (χ3n) is 6.38. The van der Waals surface area contributed by atoms with Gasteiger partial charge in [0.15, 0.2) is 6.10 Å². The van der Waals surface area contributed by atoms with Crippen LogP contribution in [0.4, 0.5) is 0 Å². The van der Waals surface area contributed by atoms with Gasteiger partial charge in [-0.05, 0) is 51.5 Å². The molecule has 0 radical (unpaired) electrons. The van der Waals surface area contributed by atoms with Gasteiger partial charge in [-0.2, -0.15) is 0 Å². The molecule has 1 aliphatic heterocycles. The van der Waals surface area contributed by atoms with Gasteiger partial charge in [0.1, 0.15) is 11.5 Å². The first kappa shape index (κ1) is 20.6. The Morgan fingerprint density at radius 3 is 2.44 bits per heavy atom. The number of rotatable bonds is 2. The fraction of sp³-hybridized carbons (Fsp3) is 0.360. The lowest BCUT2D eigenvalue weighted by molar-refractivity contribution is -0.0166. The third kappa shape index (κ3) is 2.77. The number of furan rings is 1. The first-order valence-corrected chi connectivity index (χ1v) is 10.7. The van der Waals surface area contributed by atoms with Crippen LogP contribution in [0.25, 0.3) is 22.2 Å². The highest BCUT2D eigenvalue weighted by Gasteiger charge is 2.41. The summed E-state index contributed by atoms with van der Waals surface area (Å²) in [5.74, 6) is 1.43. The van der Waals surface area contributed by atoms with Gasteiger partial charge in [-0.15, -0.1) is 0 Å². The first-order chi connectivity index (χ1) is 15.1. The molecule has 166 valence electrons. The van der Waals surface area contributed by atoms with Crippen molar-refractivity contribution in [2.24, 2.45) is 14.1 Å². The zero-order valence-electron chi connectivity index (χ0n) is 19.2. The predicted octanol–water partition coefficient (Wildman–Crippen LogP) is 3.77. The van der Waals surface area contributed by atoms with Crippen LogP contribution in [0.15, 0.2) is 50.4 Å². The van der Waals surface area contributed by atoms with Gasteiger partial charge in [0.05, 0.1) is 34.4 Å². The molecule has 3 aromatic heterocycles. The number of benzene rings is 1. The van der Waals surface area contributed by atoms with Crippen LogP contribution in [0.2, 0.25) is 0 Å². The van der Waals surface area contributed by atoms with E-state index in [-0.39, 0.29) is 11.2 Å². The maximum atomic E-state index is 13.5. The van der Waals surface area contributed by atoms with Crippen LogP contribution in [0, 0.1) is 13.8 Å². The van der Waals surface area contributed by atoms with E-state index in [1.54, 1.807) is 11.6 Å². The summed E-state index contributed by atoms with van der Waals surface area (Å²) in [4.78, 5) is 26.5. The van der Waals surface area contributed by atoms with E-state index in [4.69, 9.17) is 9.15 Å². The Kier molecular flexibility index (Phi) is 4.40. The summed E-state index contributed by atoms with van der Waals surface area (Å²) in [6.07, 6.45) is -0.532. The molecule has 1 aromatic carbocycles. The lowest BCUT2D eigenvalue weighted by Gasteiger charge is -2.38. The van der Waals surface area contributed by atoms with E-state index in [1.807, 2.05) is 44.2 Å². The lowest BCUT2D eigenvalue weighted by atomic mass is 10.00. The smallest absolute Gasteiger partial charge is 0.331 e. The van der Waals surface area contributed by atoms with Crippen LogP contribution >= 0.6 is 0 Å². The Labute approximate surface area is 185 Å². The maximum absolute atomic E-state index is 13.5. The van der Waals surface area contributed by atoms with Gasteiger partial charge in [0, 0.05) is 14.1 Å². The molecule has 0 unspecified atom stereocenters. The molecule has 7 nitrogen and oxygen atoms in total. The molecular weight excluding hydrogens is 406 g/mol. The third-order valence-corrected chi connectivity index (χ3v) is 6.38. The summed E-state index contributed by atoms with van der Waals surface area (Å²) in [5, 5.41) is 0.516. The van der Waals surface area contributed by atoms with Crippen molar-refractivity contribution >= 4 is 10.9 Å². The highest BCUT2D eigenvalue weighted by Crippen LogP contribution is 2.45. The van der Waals surface area contributed by atoms with E-state index in [2.05, 4.69) is 24.5 Å². The van der Waals surface area contributed by atoms with Crippen LogP contribution < -0.4 is 11.2 Å². The van der Waals surface area contributed by atoms with E-state index in [1.165, 1.54) is 11.6 Å². The van der Waals surface area contributed by atoms with Crippen molar-refractivity contribution in [3.05, 3.63) is 80.0 Å². The van der Waals surface area contributed by atoms with E-state index >= 15 is 0 Å². The summed E-state index contributed by atoms with van der Waals surface area (Å²) in [5.41, 5.74) is 3.04. The number of hydrogen-bond donors (Lipinski definition) is 0. The molecule has 0 amide bonds. The molecule has 0 bridgehead atoms. The second kappa shape index (κ2) is 6.84. The SMILES string of the molecule is Cc1cccc(-c2c3c(=O)n(C)c(=O)n(C)c3c3n2C(C)(C)CO[C@@H]3c2ccc(C)o2)c1. The van der Waals surface area contributed by atoms with Crippen molar-refractivity contribution in [3.8, 4) is 11.3 Å². The standard InChI is InChI=1S/C25H27N3O4/c1-14-8-7-9-16(12-14)19-18-20(26(5)24(30)27(6)23(18)29)21-22(17-11-10-15(2)32-17)31-13-25(3,4)28(19)21/h7-12,22H,13H2,1-6H3/t22-/m1/s1. The van der Waals surface area contributed by atoms with Gasteiger partial charge in [-0.1, -0.05) is 23.8 Å². The van der Waals surface area contributed by atoms with Crippen LogP contribution in [0.5, 0.6) is 0 Å². The second-order valence-electron chi connectivity index (χ2n) is 9.32. The van der Waals surface area contributed by atoms with E-state index in [0.717, 1.165) is 28.3 Å². The highest BCUT2D eigenvalue weighted by atomic mass is 16.5. The molecule has 0 aliphatic carbocycles. The summed E-state index contributed by atoms with van der Waals surface area (Å²) in [7, 11) is 3.23. The molecule has 32 heavy (non-hydrogen) atoms. The fourth-order valence-electron chi connectivity index (χ4n) is 4.87. The minimum atomic E-state index is -0.532. The van der Waals surface area contributed by atoms with Crippen molar-refractivity contribution < 1.29 is 9.15 Å². The molecule has 0 N–H and O–H groups in total. The number of hydrogen-bond acceptors (Lipinski definition) is 4. The normalized spacial score (nSPS) is 17.6. The molecule has 5 rings (SSSR count). The first-order valence-electron chi connectivity index (χ1n) is 10.7. The highest BCUT2D eigenvalue weighted by molar-refractivity contribution is 5.96. The van der Waals surface area contributed by atoms with Crippen LogP contribution in [-0.4, -0.2) is 20.3 Å². The molecule has 1 atom stereocenters. The predicted molar refractivity (Wildman–Crippen MR) is 123 cm³/mol. The minimum absolute atomic E-state index is 0.313. The quantitative estimate of drug-likeness (QED) is 0.483. The van der Waals surface area contributed by atoms with Crippen LogP contribution in [-0.2, 0) is 24.4 Å². The molecule has 0 fully saturated rings. The van der Waals surface area contributed by atoms with Gasteiger partial charge >= 0.3 is 5.69 Å². The van der Waals surface area contributed by atoms with Crippen LogP contribution in [0.1, 0.15) is 42.7 Å². The van der Waals surface area contributed by atoms with Crippen molar-refractivity contribution in [2.45, 2.75) is 39.3 Å². The number of nitrogens with zero attached hydrogens (tertiary/aromatic N) is 3. The number of fused-ring (bicyclic) bond motifs is 3. The summed E-state index contributed by atoms with van der Waals surface area (Å²) < 4.78 is 17.2. The second-order valence-corrected chi connectivity index (χ2v) is 9.32. The summed E-state index contributed by atoms with van der Waals surface area (Å²) in [6.45, 7) is 8.51. The van der Waals surface area contributed by atoms with Gasteiger partial charge in [-0.25, -0.2) is 4.79 Å². The van der Waals surface area contributed by atoms with E-state index in [9.17, 15) is 9.59 Å². The summed E-state index contributed by atoms with van der Waals surface area (Å²) >= 11 is 0. The van der Waals surface area contributed by atoms with Gasteiger partial charge in [0.25, 0.3) is 5.56 Å². The van der Waals surface area contributed by atoms with Crippen molar-refractivity contribution in [1.82, 2.24) is 13.7 Å². The molecule has 0 spiro atoms. The van der Waals surface area contributed by atoms with Crippen LogP contribution in [0.3, 0.4) is 0 Å². The molecule has 7 heteroatoms. The molecular formula is C25H27N3O4. The topological polar surface area (TPSA) is 71.3 Å². The molecule has 1 aliphatic rings. The molecule has 0 saturated carbocycles. The number of aromatic nitrogens is 3. The van der Waals surface area contributed by atoms with Gasteiger partial charge in [-0.3, -0.25) is 13.9 Å². The van der Waals surface area contributed by atoms with E-state index in [0.29, 0.717) is 23.3 Å². The Hall–Kier alpha value is -3.32. The minimum Gasteiger partial charge on any atom is -0.463 e. The largest absolute Gasteiger partial charge is 0.463 e.